The van der Waals surface area contributed by atoms with Crippen molar-refractivity contribution in [1.82, 2.24) is 10.2 Å². The molecular weight excluding hydrogens is 482 g/mol. The van der Waals surface area contributed by atoms with Gasteiger partial charge in [0, 0.05) is 0 Å². The molecule has 3 aromatic rings. The van der Waals surface area contributed by atoms with Gasteiger partial charge in [-0.3, -0.25) is 19.3 Å². The summed E-state index contributed by atoms with van der Waals surface area (Å²) < 4.78 is 5.39. The number of imide groups is 1. The lowest BCUT2D eigenvalue weighted by Crippen LogP contribution is -2.55. The number of alkyl carbamates (subject to hydrolysis) is 1. The van der Waals surface area contributed by atoms with Gasteiger partial charge in [-0.1, -0.05) is 61.9 Å². The standard InChI is InChI=1S/C30H33N3O5/c1-6-16-30(27(31)36,32-28(37)38-29(3,4)5)20-14-15-23-24(17-20)26(35)33(25(23)34)18(2)21-13-9-11-19-10-7-8-12-22(19)21/h7-15,17-18H,6,16H2,1-5H3,(H2,31,36)(H,32,37)/t18-,30-/m0/s1. The van der Waals surface area contributed by atoms with Crippen LogP contribution in [0.1, 0.15) is 85.3 Å². The predicted octanol–water partition coefficient (Wildman–Crippen LogP) is 5.20. The zero-order valence-electron chi connectivity index (χ0n) is 22.3. The molecule has 8 heteroatoms. The number of benzene rings is 3. The van der Waals surface area contributed by atoms with Crippen LogP contribution in [-0.2, 0) is 15.1 Å². The Hall–Kier alpha value is -4.20. The van der Waals surface area contributed by atoms with Gasteiger partial charge in [0.25, 0.3) is 11.8 Å². The number of fused-ring (bicyclic) bond motifs is 2. The van der Waals surface area contributed by atoms with Crippen molar-refractivity contribution in [2.24, 2.45) is 5.73 Å². The van der Waals surface area contributed by atoms with Crippen LogP contribution in [0.15, 0.2) is 60.7 Å². The first-order valence-corrected chi connectivity index (χ1v) is 12.7. The van der Waals surface area contributed by atoms with Gasteiger partial charge in [0.05, 0.1) is 17.2 Å². The van der Waals surface area contributed by atoms with Crippen LogP contribution in [0, 0.1) is 0 Å². The molecule has 0 bridgehead atoms. The number of amides is 4. The summed E-state index contributed by atoms with van der Waals surface area (Å²) in [7, 11) is 0. The van der Waals surface area contributed by atoms with Gasteiger partial charge in [0.1, 0.15) is 11.1 Å². The third-order valence-electron chi connectivity index (χ3n) is 6.83. The SMILES string of the molecule is CCC[C@@](NC(=O)OC(C)(C)C)(C(N)=O)c1ccc2c(c1)C(=O)N([C@@H](C)c1cccc3ccccc13)C2=O. The quantitative estimate of drug-likeness (QED) is 0.419. The molecule has 3 aromatic carbocycles. The van der Waals surface area contributed by atoms with Crippen molar-refractivity contribution in [3.63, 3.8) is 0 Å². The number of nitrogens with zero attached hydrogens (tertiary/aromatic N) is 1. The maximum atomic E-state index is 13.7. The number of carbonyl (C=O) groups excluding carboxylic acids is 4. The van der Waals surface area contributed by atoms with Gasteiger partial charge in [-0.25, -0.2) is 4.79 Å². The van der Waals surface area contributed by atoms with Gasteiger partial charge in [0.15, 0.2) is 0 Å². The third-order valence-corrected chi connectivity index (χ3v) is 6.83. The first-order chi connectivity index (χ1) is 17.9. The largest absolute Gasteiger partial charge is 0.444 e. The zero-order valence-corrected chi connectivity index (χ0v) is 22.3. The first kappa shape index (κ1) is 26.9. The van der Waals surface area contributed by atoms with E-state index in [-0.39, 0.29) is 17.5 Å². The fraction of sp³-hybridized carbons (Fsp3) is 0.333. The molecule has 0 fully saturated rings. The second-order valence-electron chi connectivity index (χ2n) is 10.6. The summed E-state index contributed by atoms with van der Waals surface area (Å²) in [5.74, 6) is -1.68. The minimum absolute atomic E-state index is 0.160. The lowest BCUT2D eigenvalue weighted by atomic mass is 9.83. The van der Waals surface area contributed by atoms with E-state index in [2.05, 4.69) is 5.32 Å². The molecule has 0 spiro atoms. The lowest BCUT2D eigenvalue weighted by Gasteiger charge is -2.33. The van der Waals surface area contributed by atoms with Crippen LogP contribution in [0.25, 0.3) is 10.8 Å². The number of rotatable bonds is 7. The van der Waals surface area contributed by atoms with Crippen molar-refractivity contribution < 1.29 is 23.9 Å². The Morgan fingerprint density at radius 2 is 1.63 bits per heavy atom. The molecular formula is C30H33N3O5. The van der Waals surface area contributed by atoms with Crippen molar-refractivity contribution in [1.29, 1.82) is 0 Å². The summed E-state index contributed by atoms with van der Waals surface area (Å²) in [4.78, 5) is 53.9. The van der Waals surface area contributed by atoms with E-state index in [0.717, 1.165) is 16.3 Å². The van der Waals surface area contributed by atoms with Gasteiger partial charge in [0.2, 0.25) is 5.91 Å². The minimum atomic E-state index is -1.62. The molecule has 0 aromatic heterocycles. The van der Waals surface area contributed by atoms with Crippen LogP contribution in [0.2, 0.25) is 0 Å². The molecule has 4 amide bonds. The average Bonchev–Trinajstić information content (AvgIpc) is 3.10. The summed E-state index contributed by atoms with van der Waals surface area (Å²) in [5, 5.41) is 4.62. The molecule has 0 saturated carbocycles. The Balaban J connectivity index is 1.74. The fourth-order valence-corrected chi connectivity index (χ4v) is 5.09. The minimum Gasteiger partial charge on any atom is -0.444 e. The Labute approximate surface area is 222 Å². The number of hydrogen-bond donors (Lipinski definition) is 2. The number of hydrogen-bond acceptors (Lipinski definition) is 5. The van der Waals surface area contributed by atoms with Gasteiger partial charge < -0.3 is 15.8 Å². The normalized spacial score (nSPS) is 15.7. The summed E-state index contributed by atoms with van der Waals surface area (Å²) in [5.41, 5.74) is 4.99. The van der Waals surface area contributed by atoms with E-state index in [9.17, 15) is 19.2 Å². The molecule has 0 radical (unpaired) electrons. The smallest absolute Gasteiger partial charge is 0.408 e. The molecule has 0 saturated heterocycles. The molecule has 0 unspecified atom stereocenters. The fourth-order valence-electron chi connectivity index (χ4n) is 5.09. The van der Waals surface area contributed by atoms with E-state index < -0.39 is 41.0 Å². The number of primary amides is 1. The zero-order chi connectivity index (χ0) is 27.8. The molecule has 1 heterocycles. The molecule has 1 aliphatic rings. The Morgan fingerprint density at radius 1 is 0.974 bits per heavy atom. The molecule has 2 atom stereocenters. The summed E-state index contributed by atoms with van der Waals surface area (Å²) >= 11 is 0. The molecule has 1 aliphatic heterocycles. The Morgan fingerprint density at radius 3 is 2.29 bits per heavy atom. The maximum Gasteiger partial charge on any atom is 0.408 e. The van der Waals surface area contributed by atoms with E-state index in [1.54, 1.807) is 26.8 Å². The number of nitrogens with one attached hydrogen (secondary N) is 1. The van der Waals surface area contributed by atoms with Crippen molar-refractivity contribution in [2.45, 2.75) is 64.6 Å². The maximum absolute atomic E-state index is 13.7. The van der Waals surface area contributed by atoms with Crippen LogP contribution in [0.4, 0.5) is 4.79 Å². The molecule has 38 heavy (non-hydrogen) atoms. The van der Waals surface area contributed by atoms with Crippen molar-refractivity contribution in [2.75, 3.05) is 0 Å². The van der Waals surface area contributed by atoms with Crippen molar-refractivity contribution in [3.05, 3.63) is 82.9 Å². The van der Waals surface area contributed by atoms with Crippen LogP contribution in [0.3, 0.4) is 0 Å². The average molecular weight is 516 g/mol. The highest BCUT2D eigenvalue weighted by Gasteiger charge is 2.44. The topological polar surface area (TPSA) is 119 Å². The molecule has 198 valence electrons. The predicted molar refractivity (Wildman–Crippen MR) is 144 cm³/mol. The van der Waals surface area contributed by atoms with Gasteiger partial charge >= 0.3 is 6.09 Å². The third kappa shape index (κ3) is 4.74. The van der Waals surface area contributed by atoms with Crippen LogP contribution < -0.4 is 11.1 Å². The summed E-state index contributed by atoms with van der Waals surface area (Å²) in [6, 6.07) is 17.6. The van der Waals surface area contributed by atoms with Crippen molar-refractivity contribution in [3.8, 4) is 0 Å². The summed E-state index contributed by atoms with van der Waals surface area (Å²) in [6.45, 7) is 8.81. The van der Waals surface area contributed by atoms with Gasteiger partial charge in [-0.15, -0.1) is 0 Å². The Bertz CT molecular complexity index is 1440. The summed E-state index contributed by atoms with van der Waals surface area (Å²) in [6.07, 6.45) is -0.121. The highest BCUT2D eigenvalue weighted by molar-refractivity contribution is 6.22. The lowest BCUT2D eigenvalue weighted by molar-refractivity contribution is -0.125. The number of ether oxygens (including phenoxy) is 1. The molecule has 8 nitrogen and oxygen atoms in total. The first-order valence-electron chi connectivity index (χ1n) is 12.7. The van der Waals surface area contributed by atoms with E-state index >= 15 is 0 Å². The van der Waals surface area contributed by atoms with Crippen molar-refractivity contribution >= 4 is 34.6 Å². The Kier molecular flexibility index (Phi) is 7.02. The van der Waals surface area contributed by atoms with E-state index in [1.807, 2.05) is 56.3 Å². The van der Waals surface area contributed by atoms with Crippen LogP contribution in [0.5, 0.6) is 0 Å². The number of nitrogens with two attached hydrogens (primary N) is 1. The van der Waals surface area contributed by atoms with E-state index in [4.69, 9.17) is 10.5 Å². The second-order valence-corrected chi connectivity index (χ2v) is 10.6. The van der Waals surface area contributed by atoms with Crippen LogP contribution >= 0.6 is 0 Å². The number of carbonyl (C=O) groups is 4. The monoisotopic (exact) mass is 515 g/mol. The second kappa shape index (κ2) is 9.93. The van der Waals surface area contributed by atoms with Gasteiger partial charge in [-0.2, -0.15) is 0 Å². The van der Waals surface area contributed by atoms with E-state index in [1.165, 1.54) is 17.0 Å². The van der Waals surface area contributed by atoms with Gasteiger partial charge in [-0.05, 0) is 68.1 Å². The highest BCUT2D eigenvalue weighted by Crippen LogP contribution is 2.37. The van der Waals surface area contributed by atoms with Crippen LogP contribution in [-0.4, -0.2) is 34.3 Å². The highest BCUT2D eigenvalue weighted by atomic mass is 16.6. The molecule has 4 rings (SSSR count). The van der Waals surface area contributed by atoms with E-state index in [0.29, 0.717) is 12.0 Å². The molecule has 3 N–H and O–H groups in total. The molecule has 0 aliphatic carbocycles.